The number of thioether (sulfide) groups is 1. The lowest BCUT2D eigenvalue weighted by atomic mass is 10.0. The zero-order valence-corrected chi connectivity index (χ0v) is 17.5. The molecule has 1 saturated carbocycles. The molecule has 1 aliphatic carbocycles. The molecule has 1 atom stereocenters. The summed E-state index contributed by atoms with van der Waals surface area (Å²) in [4.78, 5) is 14.8. The normalized spacial score (nSPS) is 14.9. The number of aromatic nitrogens is 4. The molecule has 1 N–H and O–H groups in total. The Morgan fingerprint density at radius 3 is 2.86 bits per heavy atom. The molecule has 8 nitrogen and oxygen atoms in total. The van der Waals surface area contributed by atoms with E-state index in [4.69, 9.17) is 4.74 Å². The van der Waals surface area contributed by atoms with E-state index < -0.39 is 0 Å². The predicted molar refractivity (Wildman–Crippen MR) is 108 cm³/mol. The van der Waals surface area contributed by atoms with Crippen LogP contribution in [-0.4, -0.2) is 63.5 Å². The number of methoxy groups -OCH3 is 1. The van der Waals surface area contributed by atoms with Crippen LogP contribution in [0.4, 0.5) is 0 Å². The quantitative estimate of drug-likeness (QED) is 0.575. The van der Waals surface area contributed by atoms with E-state index in [0.29, 0.717) is 23.5 Å². The zero-order valence-electron chi connectivity index (χ0n) is 16.7. The number of nitrogens with one attached hydrogen (secondary N) is 1. The Labute approximate surface area is 170 Å². The van der Waals surface area contributed by atoms with Crippen LogP contribution in [0.2, 0.25) is 0 Å². The molecule has 0 spiro atoms. The van der Waals surface area contributed by atoms with Crippen molar-refractivity contribution in [1.82, 2.24) is 30.4 Å². The first-order valence-electron chi connectivity index (χ1n) is 9.71. The van der Waals surface area contributed by atoms with Crippen molar-refractivity contribution < 1.29 is 9.53 Å². The van der Waals surface area contributed by atoms with Crippen LogP contribution < -0.4 is 10.1 Å². The molecular formula is C19H28N6O2S. The Balaban J connectivity index is 1.59. The number of rotatable bonds is 11. The summed E-state index contributed by atoms with van der Waals surface area (Å²) in [5, 5.41) is 15.6. The van der Waals surface area contributed by atoms with Gasteiger partial charge in [0.25, 0.3) is 0 Å². The molecule has 152 valence electrons. The van der Waals surface area contributed by atoms with Crippen LogP contribution in [0.1, 0.15) is 44.3 Å². The van der Waals surface area contributed by atoms with Gasteiger partial charge in [0.15, 0.2) is 0 Å². The topological polar surface area (TPSA) is 85.2 Å². The third-order valence-corrected chi connectivity index (χ3v) is 5.85. The van der Waals surface area contributed by atoms with Gasteiger partial charge in [-0.05, 0) is 54.1 Å². The van der Waals surface area contributed by atoms with Gasteiger partial charge in [0, 0.05) is 6.54 Å². The highest BCUT2D eigenvalue weighted by Crippen LogP contribution is 2.36. The van der Waals surface area contributed by atoms with Gasteiger partial charge in [-0.15, -0.1) is 5.10 Å². The maximum atomic E-state index is 12.4. The molecule has 1 unspecified atom stereocenters. The number of carbonyl (C=O) groups excluding carboxylic acids is 1. The number of tetrazole rings is 1. The molecule has 1 amide bonds. The summed E-state index contributed by atoms with van der Waals surface area (Å²) < 4.78 is 7.19. The number of benzene rings is 1. The molecule has 1 aromatic carbocycles. The minimum absolute atomic E-state index is 0.0181. The molecule has 1 heterocycles. The fourth-order valence-electron chi connectivity index (χ4n) is 3.19. The maximum Gasteiger partial charge on any atom is 0.230 e. The van der Waals surface area contributed by atoms with Crippen molar-refractivity contribution in [3.05, 3.63) is 29.8 Å². The van der Waals surface area contributed by atoms with Crippen LogP contribution in [0.5, 0.6) is 5.75 Å². The number of ether oxygens (including phenoxy) is 1. The highest BCUT2D eigenvalue weighted by atomic mass is 32.2. The Kier molecular flexibility index (Phi) is 7.27. The van der Waals surface area contributed by atoms with Gasteiger partial charge in [-0.1, -0.05) is 37.7 Å². The van der Waals surface area contributed by atoms with Crippen LogP contribution in [0.25, 0.3) is 0 Å². The maximum absolute atomic E-state index is 12.4. The van der Waals surface area contributed by atoms with Crippen molar-refractivity contribution in [1.29, 1.82) is 0 Å². The lowest BCUT2D eigenvalue weighted by Gasteiger charge is -2.30. The van der Waals surface area contributed by atoms with Crippen molar-refractivity contribution in [3.8, 4) is 5.75 Å². The minimum atomic E-state index is -0.0181. The largest absolute Gasteiger partial charge is 0.497 e. The lowest BCUT2D eigenvalue weighted by Crippen LogP contribution is -2.38. The van der Waals surface area contributed by atoms with Crippen LogP contribution in [0.15, 0.2) is 29.4 Å². The number of carbonyl (C=O) groups is 1. The summed E-state index contributed by atoms with van der Waals surface area (Å²) in [5.41, 5.74) is 1.13. The van der Waals surface area contributed by atoms with E-state index in [0.717, 1.165) is 37.2 Å². The lowest BCUT2D eigenvalue weighted by molar-refractivity contribution is -0.118. The van der Waals surface area contributed by atoms with E-state index in [-0.39, 0.29) is 11.9 Å². The Morgan fingerprint density at radius 1 is 1.39 bits per heavy atom. The average molecular weight is 405 g/mol. The second kappa shape index (κ2) is 9.88. The third kappa shape index (κ3) is 5.23. The second-order valence-electron chi connectivity index (χ2n) is 6.74. The second-order valence-corrected chi connectivity index (χ2v) is 7.69. The molecule has 1 aromatic heterocycles. The number of amides is 1. The summed E-state index contributed by atoms with van der Waals surface area (Å²) in [6.45, 7) is 6.61. The molecular weight excluding hydrogens is 376 g/mol. The Hall–Kier alpha value is -2.13. The molecule has 0 radical (unpaired) electrons. The molecule has 0 aliphatic heterocycles. The van der Waals surface area contributed by atoms with Crippen molar-refractivity contribution in [2.75, 3.05) is 32.5 Å². The van der Waals surface area contributed by atoms with E-state index in [9.17, 15) is 4.79 Å². The number of hydrogen-bond donors (Lipinski definition) is 1. The van der Waals surface area contributed by atoms with E-state index in [1.165, 1.54) is 11.8 Å². The SMILES string of the molecule is CCN(CC)C(CNC(=O)CSc1nnnn1C1CC1)c1cccc(OC)c1. The Bertz CT molecular complexity index is 775. The first-order valence-corrected chi connectivity index (χ1v) is 10.7. The van der Waals surface area contributed by atoms with Gasteiger partial charge in [0.05, 0.1) is 24.9 Å². The van der Waals surface area contributed by atoms with Crippen molar-refractivity contribution >= 4 is 17.7 Å². The zero-order chi connectivity index (χ0) is 19.9. The van der Waals surface area contributed by atoms with Gasteiger partial charge < -0.3 is 10.1 Å². The van der Waals surface area contributed by atoms with Gasteiger partial charge in [0.1, 0.15) is 5.75 Å². The summed E-state index contributed by atoms with van der Waals surface area (Å²) >= 11 is 1.38. The molecule has 9 heteroatoms. The summed E-state index contributed by atoms with van der Waals surface area (Å²) in [7, 11) is 1.67. The van der Waals surface area contributed by atoms with Crippen molar-refractivity contribution in [2.24, 2.45) is 0 Å². The summed E-state index contributed by atoms with van der Waals surface area (Å²) in [5.74, 6) is 1.11. The van der Waals surface area contributed by atoms with Gasteiger partial charge >= 0.3 is 0 Å². The van der Waals surface area contributed by atoms with Crippen molar-refractivity contribution in [2.45, 2.75) is 43.9 Å². The fraction of sp³-hybridized carbons (Fsp3) is 0.579. The molecule has 1 fully saturated rings. The van der Waals surface area contributed by atoms with E-state index in [1.54, 1.807) is 7.11 Å². The van der Waals surface area contributed by atoms with Gasteiger partial charge in [-0.25, -0.2) is 4.68 Å². The van der Waals surface area contributed by atoms with E-state index in [1.807, 2.05) is 22.9 Å². The minimum Gasteiger partial charge on any atom is -0.497 e. The number of nitrogens with zero attached hydrogens (tertiary/aromatic N) is 5. The molecule has 2 aromatic rings. The molecule has 28 heavy (non-hydrogen) atoms. The molecule has 3 rings (SSSR count). The number of likely N-dealkylation sites (N-methyl/N-ethyl adjacent to an activating group) is 1. The third-order valence-electron chi connectivity index (χ3n) is 4.91. The molecule has 0 bridgehead atoms. The van der Waals surface area contributed by atoms with Crippen LogP contribution in [0, 0.1) is 0 Å². The highest BCUT2D eigenvalue weighted by Gasteiger charge is 2.28. The van der Waals surface area contributed by atoms with E-state index >= 15 is 0 Å². The highest BCUT2D eigenvalue weighted by molar-refractivity contribution is 7.99. The smallest absolute Gasteiger partial charge is 0.230 e. The average Bonchev–Trinajstić information content (AvgIpc) is 3.47. The van der Waals surface area contributed by atoms with Crippen LogP contribution >= 0.6 is 11.8 Å². The molecule has 1 aliphatic rings. The summed E-state index contributed by atoms with van der Waals surface area (Å²) in [6.07, 6.45) is 2.22. The summed E-state index contributed by atoms with van der Waals surface area (Å²) in [6, 6.07) is 8.53. The fourth-order valence-corrected chi connectivity index (χ4v) is 3.97. The Morgan fingerprint density at radius 2 is 2.18 bits per heavy atom. The predicted octanol–water partition coefficient (Wildman–Crippen LogP) is 2.31. The number of hydrogen-bond acceptors (Lipinski definition) is 7. The van der Waals surface area contributed by atoms with Crippen LogP contribution in [-0.2, 0) is 4.79 Å². The van der Waals surface area contributed by atoms with Gasteiger partial charge in [0.2, 0.25) is 11.1 Å². The van der Waals surface area contributed by atoms with E-state index in [2.05, 4.69) is 45.7 Å². The standard InChI is InChI=1S/C19H28N6O2S/c1-4-24(5-2)17(14-7-6-8-16(11-14)27-3)12-20-18(26)13-28-19-21-22-23-25(19)15-9-10-15/h6-8,11,15,17H,4-5,9-10,12-13H2,1-3H3,(H,20,26). The monoisotopic (exact) mass is 404 g/mol. The molecule has 0 saturated heterocycles. The van der Waals surface area contributed by atoms with Gasteiger partial charge in [-0.2, -0.15) is 0 Å². The van der Waals surface area contributed by atoms with Gasteiger partial charge in [-0.3, -0.25) is 9.69 Å². The first kappa shape index (κ1) is 20.6. The van der Waals surface area contributed by atoms with Crippen molar-refractivity contribution in [3.63, 3.8) is 0 Å². The van der Waals surface area contributed by atoms with Crippen LogP contribution in [0.3, 0.4) is 0 Å². The first-order chi connectivity index (χ1) is 13.7.